The van der Waals surface area contributed by atoms with Gasteiger partial charge in [-0.15, -0.1) is 10.2 Å². The van der Waals surface area contributed by atoms with E-state index in [0.717, 1.165) is 54.0 Å². The van der Waals surface area contributed by atoms with Gasteiger partial charge in [0.15, 0.2) is 11.5 Å². The molecule has 5 rings (SSSR count). The molecular formula is C24H28N6O2. The van der Waals surface area contributed by atoms with Gasteiger partial charge in [0.05, 0.1) is 6.61 Å². The monoisotopic (exact) mass is 432 g/mol. The molecule has 3 aromatic heterocycles. The van der Waals surface area contributed by atoms with Crippen LogP contribution < -0.4 is 10.5 Å². The topological polar surface area (TPSA) is 90.8 Å². The van der Waals surface area contributed by atoms with Crippen molar-refractivity contribution in [2.75, 3.05) is 26.8 Å². The van der Waals surface area contributed by atoms with Crippen molar-refractivity contribution in [1.29, 1.82) is 0 Å². The van der Waals surface area contributed by atoms with Gasteiger partial charge in [-0.3, -0.25) is 9.30 Å². The molecule has 2 atom stereocenters. The predicted octanol–water partition coefficient (Wildman–Crippen LogP) is 2.89. The van der Waals surface area contributed by atoms with Gasteiger partial charge in [0.1, 0.15) is 23.1 Å². The average Bonchev–Trinajstić information content (AvgIpc) is 3.39. The van der Waals surface area contributed by atoms with Gasteiger partial charge < -0.3 is 15.2 Å². The Morgan fingerprint density at radius 2 is 2.06 bits per heavy atom. The molecule has 0 aliphatic carbocycles. The number of fused-ring (bicyclic) bond motifs is 2. The molecule has 1 saturated heterocycles. The summed E-state index contributed by atoms with van der Waals surface area (Å²) in [7, 11) is 1.67. The zero-order valence-corrected chi connectivity index (χ0v) is 18.4. The number of para-hydroxylation sites is 1. The summed E-state index contributed by atoms with van der Waals surface area (Å²) < 4.78 is 13.3. The number of pyridine rings is 2. The van der Waals surface area contributed by atoms with Crippen LogP contribution in [0.1, 0.15) is 18.9 Å². The number of aromatic nitrogens is 4. The summed E-state index contributed by atoms with van der Waals surface area (Å²) in [5.41, 5.74) is 9.61. The first kappa shape index (κ1) is 20.8. The van der Waals surface area contributed by atoms with Crippen LogP contribution in [0.5, 0.6) is 5.75 Å². The highest BCUT2D eigenvalue weighted by molar-refractivity contribution is 5.86. The first-order valence-electron chi connectivity index (χ1n) is 11.0. The van der Waals surface area contributed by atoms with E-state index in [2.05, 4.69) is 27.4 Å². The van der Waals surface area contributed by atoms with E-state index in [-0.39, 0.29) is 12.1 Å². The summed E-state index contributed by atoms with van der Waals surface area (Å²) in [5.74, 6) is 1.44. The normalized spacial score (nSPS) is 17.9. The molecular weight excluding hydrogens is 404 g/mol. The van der Waals surface area contributed by atoms with E-state index in [1.165, 1.54) is 5.56 Å². The Kier molecular flexibility index (Phi) is 5.73. The number of ether oxygens (including phenoxy) is 2. The molecule has 1 fully saturated rings. The standard InChI is InChI=1S/C24H28N6O2/c1-16(15-31-2)32-21-5-3-4-18-7-8-20(26-23(18)21)24-28-27-22-9-6-17(13-30(22)24)12-29-11-10-19(25)14-29/h3-9,13,16,19H,10-12,14-15,25H2,1-2H3. The molecule has 2 unspecified atom stereocenters. The van der Waals surface area contributed by atoms with E-state index in [1.54, 1.807) is 7.11 Å². The highest BCUT2D eigenvalue weighted by atomic mass is 16.5. The minimum absolute atomic E-state index is 0.0776. The molecule has 0 spiro atoms. The second kappa shape index (κ2) is 8.82. The van der Waals surface area contributed by atoms with Gasteiger partial charge in [-0.2, -0.15) is 0 Å². The molecule has 0 saturated carbocycles. The smallest absolute Gasteiger partial charge is 0.187 e. The second-order valence-electron chi connectivity index (χ2n) is 8.48. The maximum atomic E-state index is 6.08. The van der Waals surface area contributed by atoms with Crippen LogP contribution >= 0.6 is 0 Å². The van der Waals surface area contributed by atoms with Crippen LogP contribution in [0.3, 0.4) is 0 Å². The second-order valence-corrected chi connectivity index (χ2v) is 8.48. The molecule has 4 aromatic rings. The Hall–Kier alpha value is -3.07. The molecule has 8 heteroatoms. The maximum Gasteiger partial charge on any atom is 0.187 e. The number of hydrogen-bond acceptors (Lipinski definition) is 7. The third-order valence-electron chi connectivity index (χ3n) is 5.82. The zero-order valence-electron chi connectivity index (χ0n) is 18.4. The molecule has 2 N–H and O–H groups in total. The van der Waals surface area contributed by atoms with E-state index < -0.39 is 0 Å². The molecule has 166 valence electrons. The Balaban J connectivity index is 1.50. The van der Waals surface area contributed by atoms with Crippen LogP contribution in [-0.2, 0) is 11.3 Å². The number of nitrogens with two attached hydrogens (primary N) is 1. The quantitative estimate of drug-likeness (QED) is 0.480. The minimum atomic E-state index is -0.0776. The molecule has 1 aliphatic heterocycles. The largest absolute Gasteiger partial charge is 0.486 e. The van der Waals surface area contributed by atoms with Crippen LogP contribution in [0.25, 0.3) is 28.1 Å². The molecule has 0 bridgehead atoms. The molecule has 1 aromatic carbocycles. The third-order valence-corrected chi connectivity index (χ3v) is 5.82. The fourth-order valence-corrected chi connectivity index (χ4v) is 4.29. The first-order chi connectivity index (χ1) is 15.6. The van der Waals surface area contributed by atoms with Crippen molar-refractivity contribution in [2.45, 2.75) is 32.0 Å². The lowest BCUT2D eigenvalue weighted by molar-refractivity contribution is 0.0930. The first-order valence-corrected chi connectivity index (χ1v) is 11.0. The molecule has 4 heterocycles. The Labute approximate surface area is 187 Å². The van der Waals surface area contributed by atoms with Crippen molar-refractivity contribution in [3.8, 4) is 17.3 Å². The van der Waals surface area contributed by atoms with E-state index in [9.17, 15) is 0 Å². The summed E-state index contributed by atoms with van der Waals surface area (Å²) in [4.78, 5) is 7.29. The van der Waals surface area contributed by atoms with Crippen molar-refractivity contribution >= 4 is 16.6 Å². The van der Waals surface area contributed by atoms with E-state index in [4.69, 9.17) is 20.2 Å². The van der Waals surface area contributed by atoms with Crippen LogP contribution in [0.15, 0.2) is 48.7 Å². The lowest BCUT2D eigenvalue weighted by Crippen LogP contribution is -2.26. The number of hydrogen-bond donors (Lipinski definition) is 1. The number of methoxy groups -OCH3 is 1. The van der Waals surface area contributed by atoms with Crippen molar-refractivity contribution in [3.63, 3.8) is 0 Å². The number of likely N-dealkylation sites (tertiary alicyclic amines) is 1. The maximum absolute atomic E-state index is 6.08. The molecule has 8 nitrogen and oxygen atoms in total. The van der Waals surface area contributed by atoms with Gasteiger partial charge in [0, 0.05) is 44.4 Å². The molecule has 0 radical (unpaired) electrons. The van der Waals surface area contributed by atoms with Gasteiger partial charge in [-0.25, -0.2) is 4.98 Å². The van der Waals surface area contributed by atoms with Crippen LogP contribution in [0, 0.1) is 0 Å². The lowest BCUT2D eigenvalue weighted by atomic mass is 10.2. The summed E-state index contributed by atoms with van der Waals surface area (Å²) >= 11 is 0. The Morgan fingerprint density at radius 1 is 1.16 bits per heavy atom. The van der Waals surface area contributed by atoms with E-state index >= 15 is 0 Å². The van der Waals surface area contributed by atoms with E-state index in [1.807, 2.05) is 47.7 Å². The summed E-state index contributed by atoms with van der Waals surface area (Å²) in [6, 6.07) is 14.3. The Morgan fingerprint density at radius 3 is 2.88 bits per heavy atom. The fraction of sp³-hybridized carbons (Fsp3) is 0.375. The van der Waals surface area contributed by atoms with Crippen molar-refractivity contribution < 1.29 is 9.47 Å². The van der Waals surface area contributed by atoms with Gasteiger partial charge in [0.2, 0.25) is 0 Å². The van der Waals surface area contributed by atoms with Crippen molar-refractivity contribution in [1.82, 2.24) is 24.5 Å². The predicted molar refractivity (Wildman–Crippen MR) is 124 cm³/mol. The Bertz CT molecular complexity index is 1240. The number of nitrogens with zero attached hydrogens (tertiary/aromatic N) is 5. The number of rotatable bonds is 7. The third kappa shape index (κ3) is 4.17. The van der Waals surface area contributed by atoms with Crippen LogP contribution in [0.2, 0.25) is 0 Å². The fourth-order valence-electron chi connectivity index (χ4n) is 4.29. The molecule has 32 heavy (non-hydrogen) atoms. The van der Waals surface area contributed by atoms with Gasteiger partial charge in [-0.05, 0) is 37.1 Å². The highest BCUT2D eigenvalue weighted by Gasteiger charge is 2.19. The van der Waals surface area contributed by atoms with Gasteiger partial charge in [0.25, 0.3) is 0 Å². The van der Waals surface area contributed by atoms with Gasteiger partial charge >= 0.3 is 0 Å². The van der Waals surface area contributed by atoms with Crippen LogP contribution in [-0.4, -0.2) is 63.4 Å². The van der Waals surface area contributed by atoms with Crippen LogP contribution in [0.4, 0.5) is 0 Å². The minimum Gasteiger partial charge on any atom is -0.486 e. The molecule has 1 aliphatic rings. The molecule has 0 amide bonds. The average molecular weight is 433 g/mol. The van der Waals surface area contributed by atoms with Gasteiger partial charge in [-0.1, -0.05) is 24.3 Å². The SMILES string of the molecule is COCC(C)Oc1cccc2ccc(-c3nnc4ccc(CN5CCC(N)C5)cn34)nc12. The highest BCUT2D eigenvalue weighted by Crippen LogP contribution is 2.28. The van der Waals surface area contributed by atoms with E-state index in [0.29, 0.717) is 12.4 Å². The lowest BCUT2D eigenvalue weighted by Gasteiger charge is -2.16. The number of benzene rings is 1. The summed E-state index contributed by atoms with van der Waals surface area (Å²) in [6.07, 6.45) is 3.07. The summed E-state index contributed by atoms with van der Waals surface area (Å²) in [5, 5.41) is 9.79. The zero-order chi connectivity index (χ0) is 22.1. The van der Waals surface area contributed by atoms with Crippen molar-refractivity contribution in [2.24, 2.45) is 5.73 Å². The summed E-state index contributed by atoms with van der Waals surface area (Å²) in [6.45, 7) is 5.32. The van der Waals surface area contributed by atoms with Crippen molar-refractivity contribution in [3.05, 3.63) is 54.2 Å².